The molecule has 0 unspecified atom stereocenters. The molecule has 0 radical (unpaired) electrons. The largest absolute Gasteiger partial charge is 0.497 e. The third-order valence-electron chi connectivity index (χ3n) is 4.09. The summed E-state index contributed by atoms with van der Waals surface area (Å²) in [7, 11) is 1.57. The minimum Gasteiger partial charge on any atom is -0.497 e. The van der Waals surface area contributed by atoms with Gasteiger partial charge in [0.1, 0.15) is 11.3 Å². The van der Waals surface area contributed by atoms with Gasteiger partial charge < -0.3 is 14.6 Å². The lowest BCUT2D eigenvalue weighted by Gasteiger charge is -2.09. The lowest BCUT2D eigenvalue weighted by molar-refractivity contribution is -0.384. The van der Waals surface area contributed by atoms with Crippen molar-refractivity contribution in [1.29, 1.82) is 0 Å². The maximum atomic E-state index is 12.7. The molecule has 1 N–H and O–H groups in total. The maximum absolute atomic E-state index is 12.7. The van der Waals surface area contributed by atoms with Crippen molar-refractivity contribution in [3.8, 4) is 5.75 Å². The van der Waals surface area contributed by atoms with Crippen LogP contribution in [-0.4, -0.2) is 22.5 Å². The quantitative estimate of drug-likeness (QED) is 0.524. The van der Waals surface area contributed by atoms with Crippen LogP contribution in [0.2, 0.25) is 0 Å². The predicted molar refractivity (Wildman–Crippen MR) is 104 cm³/mol. The van der Waals surface area contributed by atoms with Gasteiger partial charge in [-0.05, 0) is 35.9 Å². The van der Waals surface area contributed by atoms with E-state index in [2.05, 4.69) is 5.32 Å². The summed E-state index contributed by atoms with van der Waals surface area (Å²) >= 11 is 0. The van der Waals surface area contributed by atoms with Gasteiger partial charge in [-0.15, -0.1) is 0 Å². The topological polar surface area (TPSA) is 103 Å². The molecule has 2 aromatic carbocycles. The molecule has 1 heterocycles. The van der Waals surface area contributed by atoms with Gasteiger partial charge in [0.15, 0.2) is 0 Å². The van der Waals surface area contributed by atoms with Crippen LogP contribution in [0, 0.1) is 10.1 Å². The summed E-state index contributed by atoms with van der Waals surface area (Å²) in [5.74, 6) is 0.0794. The minimum atomic E-state index is -0.630. The fourth-order valence-corrected chi connectivity index (χ4v) is 2.66. The lowest BCUT2D eigenvalue weighted by Crippen LogP contribution is -2.29. The van der Waals surface area contributed by atoms with Crippen LogP contribution in [0.4, 0.5) is 11.4 Å². The van der Waals surface area contributed by atoms with Crippen molar-refractivity contribution >= 4 is 17.3 Å². The van der Waals surface area contributed by atoms with E-state index in [9.17, 15) is 19.7 Å². The number of nitro benzene ring substituents is 1. The summed E-state index contributed by atoms with van der Waals surface area (Å²) in [6.45, 7) is 0.292. The summed E-state index contributed by atoms with van der Waals surface area (Å²) in [6, 6.07) is 15.8. The van der Waals surface area contributed by atoms with E-state index in [0.717, 1.165) is 5.56 Å². The number of aromatic nitrogens is 1. The van der Waals surface area contributed by atoms with Crippen LogP contribution in [0.5, 0.6) is 5.75 Å². The van der Waals surface area contributed by atoms with E-state index in [-0.39, 0.29) is 16.9 Å². The fourth-order valence-electron chi connectivity index (χ4n) is 2.66. The van der Waals surface area contributed by atoms with Crippen molar-refractivity contribution in [2.45, 2.75) is 6.54 Å². The molecule has 0 fully saturated rings. The number of non-ortho nitro benzene ring substituents is 1. The van der Waals surface area contributed by atoms with Crippen molar-refractivity contribution in [2.75, 3.05) is 12.4 Å². The van der Waals surface area contributed by atoms with Crippen molar-refractivity contribution in [3.63, 3.8) is 0 Å². The number of hydrogen-bond donors (Lipinski definition) is 1. The molecular formula is C20H17N3O5. The molecule has 3 rings (SSSR count). The van der Waals surface area contributed by atoms with Crippen molar-refractivity contribution < 1.29 is 14.5 Å². The molecule has 0 bridgehead atoms. The smallest absolute Gasteiger partial charge is 0.271 e. The fraction of sp³-hybridized carbons (Fsp3) is 0.100. The predicted octanol–water partition coefficient (Wildman–Crippen LogP) is 3.07. The van der Waals surface area contributed by atoms with Gasteiger partial charge in [0.2, 0.25) is 0 Å². The number of benzene rings is 2. The summed E-state index contributed by atoms with van der Waals surface area (Å²) in [6.07, 6.45) is 1.59. The molecule has 0 saturated heterocycles. The van der Waals surface area contributed by atoms with Gasteiger partial charge >= 0.3 is 0 Å². The molecule has 0 aliphatic rings. The molecule has 0 atom stereocenters. The number of nitrogens with zero attached hydrogens (tertiary/aromatic N) is 2. The van der Waals surface area contributed by atoms with E-state index in [4.69, 9.17) is 4.74 Å². The number of nitro groups is 1. The third-order valence-corrected chi connectivity index (χ3v) is 4.09. The minimum absolute atomic E-state index is 0.0532. The Morgan fingerprint density at radius 1 is 1.14 bits per heavy atom. The van der Waals surface area contributed by atoms with E-state index in [1.54, 1.807) is 31.5 Å². The van der Waals surface area contributed by atoms with E-state index in [1.165, 1.54) is 34.9 Å². The number of carbonyl (C=O) groups excluding carboxylic acids is 1. The number of rotatable bonds is 6. The number of anilines is 1. The van der Waals surface area contributed by atoms with Gasteiger partial charge in [-0.1, -0.05) is 18.2 Å². The van der Waals surface area contributed by atoms with Gasteiger partial charge in [0.05, 0.1) is 18.6 Å². The Morgan fingerprint density at radius 3 is 2.57 bits per heavy atom. The summed E-state index contributed by atoms with van der Waals surface area (Å²) in [4.78, 5) is 35.5. The molecule has 8 heteroatoms. The second-order valence-corrected chi connectivity index (χ2v) is 5.96. The van der Waals surface area contributed by atoms with Gasteiger partial charge in [-0.3, -0.25) is 19.7 Å². The van der Waals surface area contributed by atoms with E-state index >= 15 is 0 Å². The van der Waals surface area contributed by atoms with Crippen LogP contribution in [0.15, 0.2) is 71.7 Å². The van der Waals surface area contributed by atoms with Crippen LogP contribution in [0.1, 0.15) is 15.9 Å². The van der Waals surface area contributed by atoms with Crippen LogP contribution in [0.3, 0.4) is 0 Å². The molecule has 1 aromatic heterocycles. The Labute approximate surface area is 160 Å². The molecule has 1 amide bonds. The first-order valence-corrected chi connectivity index (χ1v) is 8.36. The Bertz CT molecular complexity index is 1070. The first kappa shape index (κ1) is 18.8. The zero-order valence-electron chi connectivity index (χ0n) is 15.0. The van der Waals surface area contributed by atoms with Gasteiger partial charge in [-0.25, -0.2) is 0 Å². The number of hydrogen-bond acceptors (Lipinski definition) is 5. The average Bonchev–Trinajstić information content (AvgIpc) is 2.70. The van der Waals surface area contributed by atoms with E-state index in [1.807, 2.05) is 12.1 Å². The van der Waals surface area contributed by atoms with Gasteiger partial charge in [0.25, 0.3) is 17.2 Å². The monoisotopic (exact) mass is 379 g/mol. The first-order valence-electron chi connectivity index (χ1n) is 8.36. The SMILES string of the molecule is COc1ccc(Cn2cccc(C(=O)Nc3cccc([N+](=O)[O-])c3)c2=O)cc1. The highest BCUT2D eigenvalue weighted by atomic mass is 16.6. The van der Waals surface area contributed by atoms with Crippen LogP contribution < -0.4 is 15.6 Å². The third kappa shape index (κ3) is 4.24. The van der Waals surface area contributed by atoms with E-state index in [0.29, 0.717) is 12.3 Å². The average molecular weight is 379 g/mol. The highest BCUT2D eigenvalue weighted by Crippen LogP contribution is 2.17. The molecule has 0 saturated carbocycles. The maximum Gasteiger partial charge on any atom is 0.271 e. The zero-order chi connectivity index (χ0) is 20.1. The molecule has 0 aliphatic carbocycles. The van der Waals surface area contributed by atoms with Crippen LogP contribution in [-0.2, 0) is 6.54 Å². The standard InChI is InChI=1S/C20H17N3O5/c1-28-17-9-7-14(8-10-17)13-22-11-3-6-18(20(22)25)19(24)21-15-4-2-5-16(12-15)23(26)27/h2-12H,13H2,1H3,(H,21,24). The van der Waals surface area contributed by atoms with Crippen molar-refractivity contribution in [3.05, 3.63) is 98.5 Å². The number of nitrogens with one attached hydrogen (secondary N) is 1. The normalized spacial score (nSPS) is 10.3. The second kappa shape index (κ2) is 8.17. The number of methoxy groups -OCH3 is 1. The molecule has 8 nitrogen and oxygen atoms in total. The molecule has 0 spiro atoms. The number of ether oxygens (including phenoxy) is 1. The molecule has 0 aliphatic heterocycles. The van der Waals surface area contributed by atoms with Crippen LogP contribution >= 0.6 is 0 Å². The Hall–Kier alpha value is -3.94. The summed E-state index contributed by atoms with van der Waals surface area (Å²) in [5, 5.41) is 13.4. The highest BCUT2D eigenvalue weighted by molar-refractivity contribution is 6.04. The number of carbonyl (C=O) groups is 1. The van der Waals surface area contributed by atoms with Gasteiger partial charge in [-0.2, -0.15) is 0 Å². The van der Waals surface area contributed by atoms with Gasteiger partial charge in [0, 0.05) is 24.0 Å². The molecule has 3 aromatic rings. The van der Waals surface area contributed by atoms with E-state index < -0.39 is 16.4 Å². The summed E-state index contributed by atoms with van der Waals surface area (Å²) < 4.78 is 6.53. The Morgan fingerprint density at radius 2 is 1.89 bits per heavy atom. The Kier molecular flexibility index (Phi) is 5.50. The first-order chi connectivity index (χ1) is 13.5. The number of pyridine rings is 1. The van der Waals surface area contributed by atoms with Crippen molar-refractivity contribution in [1.82, 2.24) is 4.57 Å². The lowest BCUT2D eigenvalue weighted by atomic mass is 10.2. The second-order valence-electron chi connectivity index (χ2n) is 5.96. The summed E-state index contributed by atoms with van der Waals surface area (Å²) in [5.41, 5.74) is 0.454. The number of amides is 1. The highest BCUT2D eigenvalue weighted by Gasteiger charge is 2.14. The van der Waals surface area contributed by atoms with Crippen LogP contribution in [0.25, 0.3) is 0 Å². The van der Waals surface area contributed by atoms with Crippen molar-refractivity contribution in [2.24, 2.45) is 0 Å². The zero-order valence-corrected chi connectivity index (χ0v) is 15.0. The Balaban J connectivity index is 1.81. The molecule has 142 valence electrons. The molecular weight excluding hydrogens is 362 g/mol. The molecule has 28 heavy (non-hydrogen) atoms.